The number of halogens is 1. The van der Waals surface area contributed by atoms with E-state index < -0.39 is 0 Å². The van der Waals surface area contributed by atoms with Gasteiger partial charge in [0, 0.05) is 12.1 Å². The number of anilines is 1. The largest absolute Gasteiger partial charge is 0.330 e. The van der Waals surface area contributed by atoms with Gasteiger partial charge >= 0.3 is 0 Å². The number of nitriles is 1. The fourth-order valence-corrected chi connectivity index (χ4v) is 1.39. The topological polar surface area (TPSA) is 78.9 Å². The second-order valence-corrected chi connectivity index (χ2v) is 3.65. The quantitative estimate of drug-likeness (QED) is 0.839. The molecule has 1 aromatic rings. The summed E-state index contributed by atoms with van der Waals surface area (Å²) in [6.07, 6.45) is 1.03. The summed E-state index contributed by atoms with van der Waals surface area (Å²) in [5.41, 5.74) is 6.27. The Kier molecular flexibility index (Phi) is 4.77. The lowest BCUT2D eigenvalue weighted by molar-refractivity contribution is -0.116. The zero-order valence-corrected chi connectivity index (χ0v) is 9.42. The number of nitrogens with two attached hydrogens (primary N) is 1. The van der Waals surface area contributed by atoms with E-state index in [2.05, 4.69) is 5.32 Å². The molecule has 0 spiro atoms. The molecule has 1 amide bonds. The maximum Gasteiger partial charge on any atom is 0.224 e. The highest BCUT2D eigenvalue weighted by atomic mass is 35.5. The number of rotatable bonds is 4. The first-order chi connectivity index (χ1) is 7.67. The summed E-state index contributed by atoms with van der Waals surface area (Å²) in [6.45, 7) is 0.488. The van der Waals surface area contributed by atoms with Gasteiger partial charge in [-0.3, -0.25) is 4.79 Å². The Morgan fingerprint density at radius 2 is 2.31 bits per heavy atom. The minimum Gasteiger partial charge on any atom is -0.330 e. The molecule has 84 valence electrons. The lowest BCUT2D eigenvalue weighted by Gasteiger charge is -2.05. The van der Waals surface area contributed by atoms with Crippen molar-refractivity contribution < 1.29 is 4.79 Å². The van der Waals surface area contributed by atoms with Gasteiger partial charge in [0.2, 0.25) is 5.91 Å². The van der Waals surface area contributed by atoms with Crippen molar-refractivity contribution in [3.63, 3.8) is 0 Å². The average Bonchev–Trinajstić information content (AvgIpc) is 2.26. The van der Waals surface area contributed by atoms with Gasteiger partial charge in [0.15, 0.2) is 0 Å². The first-order valence-electron chi connectivity index (χ1n) is 4.87. The molecular formula is C11H12ClN3O. The van der Waals surface area contributed by atoms with Gasteiger partial charge in [-0.1, -0.05) is 11.6 Å². The Balaban J connectivity index is 2.65. The number of amides is 1. The smallest absolute Gasteiger partial charge is 0.224 e. The average molecular weight is 238 g/mol. The third-order valence-electron chi connectivity index (χ3n) is 1.98. The van der Waals surface area contributed by atoms with Crippen LogP contribution in [0, 0.1) is 11.3 Å². The highest BCUT2D eigenvalue weighted by Gasteiger charge is 2.04. The fraction of sp³-hybridized carbons (Fsp3) is 0.273. The molecule has 1 rings (SSSR count). The summed E-state index contributed by atoms with van der Waals surface area (Å²) < 4.78 is 0. The van der Waals surface area contributed by atoms with Crippen molar-refractivity contribution in [3.05, 3.63) is 28.8 Å². The molecule has 0 saturated heterocycles. The van der Waals surface area contributed by atoms with Crippen LogP contribution in [0.25, 0.3) is 0 Å². The van der Waals surface area contributed by atoms with E-state index in [1.807, 2.05) is 6.07 Å². The number of carbonyl (C=O) groups is 1. The van der Waals surface area contributed by atoms with Gasteiger partial charge in [-0.25, -0.2) is 0 Å². The minimum absolute atomic E-state index is 0.105. The summed E-state index contributed by atoms with van der Waals surface area (Å²) in [7, 11) is 0. The second kappa shape index (κ2) is 6.11. The van der Waals surface area contributed by atoms with Crippen LogP contribution in [-0.4, -0.2) is 12.5 Å². The zero-order valence-electron chi connectivity index (χ0n) is 8.66. The first kappa shape index (κ1) is 12.5. The molecule has 0 aliphatic carbocycles. The molecule has 0 heterocycles. The molecule has 0 radical (unpaired) electrons. The third kappa shape index (κ3) is 3.54. The number of hydrogen-bond acceptors (Lipinski definition) is 3. The number of hydrogen-bond donors (Lipinski definition) is 2. The predicted octanol–water partition coefficient (Wildman–Crippen LogP) is 1.89. The van der Waals surface area contributed by atoms with Crippen LogP contribution in [0.4, 0.5) is 5.69 Å². The predicted molar refractivity (Wildman–Crippen MR) is 63.1 cm³/mol. The Morgan fingerprint density at radius 1 is 1.56 bits per heavy atom. The molecule has 0 aromatic heterocycles. The molecule has 5 heteroatoms. The maximum atomic E-state index is 11.4. The van der Waals surface area contributed by atoms with Crippen LogP contribution in [0.2, 0.25) is 5.02 Å². The van der Waals surface area contributed by atoms with Crippen LogP contribution in [0.1, 0.15) is 18.4 Å². The first-order valence-corrected chi connectivity index (χ1v) is 5.24. The SMILES string of the molecule is N#Cc1ccc(NC(=O)CCCN)cc1Cl. The molecule has 4 nitrogen and oxygen atoms in total. The van der Waals surface area contributed by atoms with E-state index >= 15 is 0 Å². The molecule has 1 aromatic carbocycles. The third-order valence-corrected chi connectivity index (χ3v) is 2.29. The number of benzene rings is 1. The summed E-state index contributed by atoms with van der Waals surface area (Å²) in [6, 6.07) is 6.72. The van der Waals surface area contributed by atoms with Gasteiger partial charge in [-0.15, -0.1) is 0 Å². The van der Waals surface area contributed by atoms with E-state index in [1.165, 1.54) is 0 Å². The molecule has 16 heavy (non-hydrogen) atoms. The zero-order chi connectivity index (χ0) is 12.0. The summed E-state index contributed by atoms with van der Waals surface area (Å²) >= 11 is 5.82. The van der Waals surface area contributed by atoms with Gasteiger partial charge in [-0.05, 0) is 31.2 Å². The van der Waals surface area contributed by atoms with Crippen LogP contribution in [-0.2, 0) is 4.79 Å². The summed E-state index contributed by atoms with van der Waals surface area (Å²) in [5, 5.41) is 11.7. The van der Waals surface area contributed by atoms with Crippen molar-refractivity contribution >= 4 is 23.2 Å². The van der Waals surface area contributed by atoms with Gasteiger partial charge in [0.25, 0.3) is 0 Å². The van der Waals surface area contributed by atoms with Gasteiger partial charge in [-0.2, -0.15) is 5.26 Å². The number of nitrogens with one attached hydrogen (secondary N) is 1. The van der Waals surface area contributed by atoms with Crippen molar-refractivity contribution in [1.82, 2.24) is 0 Å². The Labute approximate surface area is 99.0 Å². The van der Waals surface area contributed by atoms with Crippen molar-refractivity contribution in [2.24, 2.45) is 5.73 Å². The molecular weight excluding hydrogens is 226 g/mol. The highest BCUT2D eigenvalue weighted by molar-refractivity contribution is 6.32. The van der Waals surface area contributed by atoms with Crippen molar-refractivity contribution in [2.75, 3.05) is 11.9 Å². The highest BCUT2D eigenvalue weighted by Crippen LogP contribution is 2.20. The molecule has 0 aliphatic rings. The van der Waals surface area contributed by atoms with E-state index in [0.717, 1.165) is 0 Å². The van der Waals surface area contributed by atoms with Crippen molar-refractivity contribution in [1.29, 1.82) is 5.26 Å². The maximum absolute atomic E-state index is 11.4. The number of nitrogens with zero attached hydrogens (tertiary/aromatic N) is 1. The van der Waals surface area contributed by atoms with E-state index in [0.29, 0.717) is 35.7 Å². The van der Waals surface area contributed by atoms with Gasteiger partial charge < -0.3 is 11.1 Å². The van der Waals surface area contributed by atoms with E-state index in [-0.39, 0.29) is 5.91 Å². The Morgan fingerprint density at radius 3 is 2.88 bits per heavy atom. The van der Waals surface area contributed by atoms with Crippen molar-refractivity contribution in [2.45, 2.75) is 12.8 Å². The lowest BCUT2D eigenvalue weighted by Crippen LogP contribution is -2.13. The molecule has 0 bridgehead atoms. The van der Waals surface area contributed by atoms with Crippen LogP contribution in [0.5, 0.6) is 0 Å². The normalized spacial score (nSPS) is 9.56. The molecule has 0 unspecified atom stereocenters. The lowest BCUT2D eigenvalue weighted by atomic mass is 10.2. The molecule has 0 saturated carbocycles. The van der Waals surface area contributed by atoms with Crippen LogP contribution >= 0.6 is 11.6 Å². The van der Waals surface area contributed by atoms with Crippen molar-refractivity contribution in [3.8, 4) is 6.07 Å². The summed E-state index contributed by atoms with van der Waals surface area (Å²) in [4.78, 5) is 11.4. The molecule has 0 aliphatic heterocycles. The van der Waals surface area contributed by atoms with E-state index in [1.54, 1.807) is 18.2 Å². The summed E-state index contributed by atoms with van der Waals surface area (Å²) in [5.74, 6) is -0.105. The minimum atomic E-state index is -0.105. The number of carbonyl (C=O) groups excluding carboxylic acids is 1. The standard InChI is InChI=1S/C11H12ClN3O/c12-10-6-9(4-3-8(10)7-14)15-11(16)2-1-5-13/h3-4,6H,1-2,5,13H2,(H,15,16). The Hall–Kier alpha value is -1.57. The van der Waals surface area contributed by atoms with Crippen LogP contribution in [0.15, 0.2) is 18.2 Å². The van der Waals surface area contributed by atoms with Gasteiger partial charge in [0.05, 0.1) is 10.6 Å². The fourth-order valence-electron chi connectivity index (χ4n) is 1.17. The molecule has 0 fully saturated rings. The monoisotopic (exact) mass is 237 g/mol. The molecule has 3 N–H and O–H groups in total. The van der Waals surface area contributed by atoms with Crippen LogP contribution in [0.3, 0.4) is 0 Å². The second-order valence-electron chi connectivity index (χ2n) is 3.25. The molecule has 0 atom stereocenters. The Bertz CT molecular complexity index is 426. The van der Waals surface area contributed by atoms with E-state index in [4.69, 9.17) is 22.6 Å². The van der Waals surface area contributed by atoms with Crippen LogP contribution < -0.4 is 11.1 Å². The van der Waals surface area contributed by atoms with Gasteiger partial charge in [0.1, 0.15) is 6.07 Å². The van der Waals surface area contributed by atoms with E-state index in [9.17, 15) is 4.79 Å².